The summed E-state index contributed by atoms with van der Waals surface area (Å²) in [6.07, 6.45) is -4.34. The predicted molar refractivity (Wildman–Crippen MR) is 66.0 cm³/mol. The monoisotopic (exact) mass is 263 g/mol. The maximum atomic E-state index is 12.7. The van der Waals surface area contributed by atoms with Gasteiger partial charge >= 0.3 is 6.18 Å². The minimum Gasteiger partial charge on any atom is -0.323 e. The van der Waals surface area contributed by atoms with Crippen LogP contribution in [0.3, 0.4) is 0 Å². The Balaban J connectivity index is 2.89. The van der Waals surface area contributed by atoms with Gasteiger partial charge < -0.3 is 5.73 Å². The highest BCUT2D eigenvalue weighted by atomic mass is 32.2. The molecule has 0 spiro atoms. The van der Waals surface area contributed by atoms with Crippen molar-refractivity contribution in [3.63, 3.8) is 0 Å². The van der Waals surface area contributed by atoms with E-state index in [9.17, 15) is 13.2 Å². The van der Waals surface area contributed by atoms with E-state index in [2.05, 4.69) is 0 Å². The Bertz CT molecular complexity index is 363. The van der Waals surface area contributed by atoms with Gasteiger partial charge in [0.2, 0.25) is 0 Å². The van der Waals surface area contributed by atoms with Gasteiger partial charge in [0.25, 0.3) is 0 Å². The van der Waals surface area contributed by atoms with Crippen LogP contribution in [0, 0.1) is 0 Å². The van der Waals surface area contributed by atoms with E-state index in [4.69, 9.17) is 5.73 Å². The van der Waals surface area contributed by atoms with Gasteiger partial charge in [0.15, 0.2) is 0 Å². The van der Waals surface area contributed by atoms with Gasteiger partial charge in [0.1, 0.15) is 0 Å². The molecule has 0 aliphatic rings. The fraction of sp³-hybridized carbons (Fsp3) is 0.500. The second-order valence-electron chi connectivity index (χ2n) is 4.07. The van der Waals surface area contributed by atoms with E-state index in [0.29, 0.717) is 11.0 Å². The highest BCUT2D eigenvalue weighted by Gasteiger charge is 2.34. The Labute approximate surface area is 104 Å². The van der Waals surface area contributed by atoms with Gasteiger partial charge in [0, 0.05) is 11.8 Å². The van der Waals surface area contributed by atoms with Gasteiger partial charge in [0.05, 0.1) is 5.56 Å². The lowest BCUT2D eigenvalue weighted by atomic mass is 10.0. The van der Waals surface area contributed by atoms with E-state index < -0.39 is 17.8 Å². The summed E-state index contributed by atoms with van der Waals surface area (Å²) in [4.78, 5) is 0. The third-order valence-electron chi connectivity index (χ3n) is 2.27. The lowest BCUT2D eigenvalue weighted by Crippen LogP contribution is -2.19. The molecule has 96 valence electrons. The van der Waals surface area contributed by atoms with Crippen molar-refractivity contribution in [2.45, 2.75) is 31.3 Å². The van der Waals surface area contributed by atoms with Crippen LogP contribution in [-0.4, -0.2) is 11.0 Å². The molecule has 2 N–H and O–H groups in total. The summed E-state index contributed by atoms with van der Waals surface area (Å²) in [5.74, 6) is 0.491. The average molecular weight is 263 g/mol. The van der Waals surface area contributed by atoms with Crippen molar-refractivity contribution in [2.75, 3.05) is 5.75 Å². The van der Waals surface area contributed by atoms with Gasteiger partial charge in [-0.15, -0.1) is 0 Å². The minimum absolute atomic E-state index is 0.174. The molecule has 0 radical (unpaired) electrons. The summed E-state index contributed by atoms with van der Waals surface area (Å²) >= 11 is 1.56. The number of halogens is 3. The van der Waals surface area contributed by atoms with Crippen molar-refractivity contribution < 1.29 is 13.2 Å². The number of rotatable bonds is 4. The molecule has 5 heteroatoms. The maximum Gasteiger partial charge on any atom is 0.416 e. The molecule has 1 nitrogen and oxygen atoms in total. The molecule has 0 bridgehead atoms. The second kappa shape index (κ2) is 5.78. The van der Waals surface area contributed by atoms with Gasteiger partial charge in [-0.05, 0) is 16.9 Å². The molecule has 0 aromatic heterocycles. The number of nitrogens with two attached hydrogens (primary N) is 1. The number of thioether (sulfide) groups is 1. The smallest absolute Gasteiger partial charge is 0.323 e. The Kier molecular flexibility index (Phi) is 4.89. The summed E-state index contributed by atoms with van der Waals surface area (Å²) in [5, 5.41) is 0.360. The van der Waals surface area contributed by atoms with E-state index in [1.54, 1.807) is 17.8 Å². The Morgan fingerprint density at radius 2 is 1.82 bits per heavy atom. The lowest BCUT2D eigenvalue weighted by Gasteiger charge is -2.18. The highest BCUT2D eigenvalue weighted by molar-refractivity contribution is 7.99. The van der Waals surface area contributed by atoms with Gasteiger partial charge in [-0.2, -0.15) is 24.9 Å². The van der Waals surface area contributed by atoms with Crippen LogP contribution in [-0.2, 0) is 6.18 Å². The molecule has 0 aliphatic heterocycles. The van der Waals surface area contributed by atoms with E-state index >= 15 is 0 Å². The topological polar surface area (TPSA) is 26.0 Å². The van der Waals surface area contributed by atoms with Gasteiger partial charge in [-0.3, -0.25) is 0 Å². The standard InChI is InChI=1S/C12H16F3NS/c1-8(2)17-7-11(16)9-5-3-4-6-10(9)12(13,14)15/h3-6,8,11H,7,16H2,1-2H3. The minimum atomic E-state index is -4.34. The van der Waals surface area contributed by atoms with Crippen LogP contribution in [0.4, 0.5) is 13.2 Å². The maximum absolute atomic E-state index is 12.7. The molecule has 0 heterocycles. The summed E-state index contributed by atoms with van der Waals surface area (Å²) < 4.78 is 38.2. The first-order valence-electron chi connectivity index (χ1n) is 5.35. The molecule has 0 amide bonds. The summed E-state index contributed by atoms with van der Waals surface area (Å²) in [6, 6.07) is 4.92. The molecule has 0 fully saturated rings. The molecule has 1 atom stereocenters. The van der Waals surface area contributed by atoms with Crippen molar-refractivity contribution in [1.82, 2.24) is 0 Å². The molecule has 0 saturated carbocycles. The third-order valence-corrected chi connectivity index (χ3v) is 3.49. The SMILES string of the molecule is CC(C)SCC(N)c1ccccc1C(F)(F)F. The fourth-order valence-electron chi connectivity index (χ4n) is 1.46. The number of alkyl halides is 3. The lowest BCUT2D eigenvalue weighted by molar-refractivity contribution is -0.138. The highest BCUT2D eigenvalue weighted by Crippen LogP contribution is 2.34. The first-order chi connectivity index (χ1) is 7.82. The van der Waals surface area contributed by atoms with Crippen molar-refractivity contribution in [3.05, 3.63) is 35.4 Å². The molecule has 1 rings (SSSR count). The van der Waals surface area contributed by atoms with E-state index in [0.717, 1.165) is 6.07 Å². The normalized spacial score (nSPS) is 14.1. The molecule has 0 aliphatic carbocycles. The third kappa shape index (κ3) is 4.24. The van der Waals surface area contributed by atoms with Crippen molar-refractivity contribution >= 4 is 11.8 Å². The fourth-order valence-corrected chi connectivity index (χ4v) is 2.24. The molecule has 0 saturated heterocycles. The van der Waals surface area contributed by atoms with E-state index in [1.165, 1.54) is 12.1 Å². The molecule has 17 heavy (non-hydrogen) atoms. The number of benzene rings is 1. The van der Waals surface area contributed by atoms with Crippen LogP contribution in [0.2, 0.25) is 0 Å². The average Bonchev–Trinajstić information content (AvgIpc) is 2.24. The van der Waals surface area contributed by atoms with Gasteiger partial charge in [-0.1, -0.05) is 32.0 Å². The molecule has 1 unspecified atom stereocenters. The second-order valence-corrected chi connectivity index (χ2v) is 5.68. The first kappa shape index (κ1) is 14.4. The van der Waals surface area contributed by atoms with Gasteiger partial charge in [-0.25, -0.2) is 0 Å². The molecule has 1 aromatic rings. The molecular formula is C12H16F3NS. The summed E-state index contributed by atoms with van der Waals surface area (Å²) in [6.45, 7) is 3.99. The van der Waals surface area contributed by atoms with Crippen molar-refractivity contribution in [3.8, 4) is 0 Å². The van der Waals surface area contributed by atoms with Crippen LogP contribution in [0.15, 0.2) is 24.3 Å². The Morgan fingerprint density at radius 1 is 1.24 bits per heavy atom. The number of hydrogen-bond donors (Lipinski definition) is 1. The molecular weight excluding hydrogens is 247 g/mol. The van der Waals surface area contributed by atoms with Crippen molar-refractivity contribution in [1.29, 1.82) is 0 Å². The van der Waals surface area contributed by atoms with Crippen LogP contribution in [0.1, 0.15) is 31.0 Å². The summed E-state index contributed by atoms with van der Waals surface area (Å²) in [7, 11) is 0. The van der Waals surface area contributed by atoms with Crippen molar-refractivity contribution in [2.24, 2.45) is 5.73 Å². The Morgan fingerprint density at radius 3 is 2.35 bits per heavy atom. The van der Waals surface area contributed by atoms with Crippen LogP contribution in [0.5, 0.6) is 0 Å². The largest absolute Gasteiger partial charge is 0.416 e. The van der Waals surface area contributed by atoms with Crippen LogP contribution in [0.25, 0.3) is 0 Å². The number of hydrogen-bond acceptors (Lipinski definition) is 2. The zero-order valence-electron chi connectivity index (χ0n) is 9.79. The van der Waals surface area contributed by atoms with Crippen LogP contribution < -0.4 is 5.73 Å². The molecule has 1 aromatic carbocycles. The first-order valence-corrected chi connectivity index (χ1v) is 6.40. The predicted octanol–water partition coefficient (Wildman–Crippen LogP) is 3.85. The van der Waals surface area contributed by atoms with E-state index in [-0.39, 0.29) is 5.56 Å². The van der Waals surface area contributed by atoms with E-state index in [1.807, 2.05) is 13.8 Å². The Hall–Kier alpha value is -0.680. The quantitative estimate of drug-likeness (QED) is 0.893. The zero-order valence-corrected chi connectivity index (χ0v) is 10.6. The summed E-state index contributed by atoms with van der Waals surface area (Å²) in [5.41, 5.74) is 5.37. The van der Waals surface area contributed by atoms with Crippen LogP contribution >= 0.6 is 11.8 Å². The zero-order chi connectivity index (χ0) is 13.1.